The second kappa shape index (κ2) is 7.81. The van der Waals surface area contributed by atoms with Crippen molar-refractivity contribution >= 4 is 15.9 Å². The third kappa shape index (κ3) is 12.4. The van der Waals surface area contributed by atoms with Crippen LogP contribution < -0.4 is 0 Å². The Morgan fingerprint density at radius 2 is 1.38 bits per heavy atom. The van der Waals surface area contributed by atoms with Crippen molar-refractivity contribution in [3.63, 3.8) is 0 Å². The van der Waals surface area contributed by atoms with E-state index in [2.05, 4.69) is 15.9 Å². The highest BCUT2D eigenvalue weighted by atomic mass is 79.9. The molecule has 0 amide bonds. The Labute approximate surface area is 91.1 Å². The predicted molar refractivity (Wildman–Crippen MR) is 62.4 cm³/mol. The minimum Gasteiger partial charge on any atom is -0.390 e. The van der Waals surface area contributed by atoms with Crippen molar-refractivity contribution in [2.24, 2.45) is 0 Å². The highest BCUT2D eigenvalue weighted by molar-refractivity contribution is 9.09. The molecular formula is C11H23BrO. The van der Waals surface area contributed by atoms with E-state index in [1.54, 1.807) is 0 Å². The molecule has 0 aliphatic rings. The summed E-state index contributed by atoms with van der Waals surface area (Å²) in [5, 5.41) is 10.6. The zero-order valence-corrected chi connectivity index (χ0v) is 10.6. The van der Waals surface area contributed by atoms with Crippen molar-refractivity contribution in [1.82, 2.24) is 0 Å². The molecule has 0 heterocycles. The van der Waals surface area contributed by atoms with E-state index in [-0.39, 0.29) is 0 Å². The van der Waals surface area contributed by atoms with Gasteiger partial charge in [-0.2, -0.15) is 0 Å². The fourth-order valence-electron chi connectivity index (χ4n) is 1.36. The van der Waals surface area contributed by atoms with E-state index in [1.807, 2.05) is 13.8 Å². The Hall–Kier alpha value is 0.440. The predicted octanol–water partition coefficient (Wildman–Crippen LogP) is 3.88. The highest BCUT2D eigenvalue weighted by Gasteiger charge is 2.10. The zero-order chi connectivity index (χ0) is 10.2. The highest BCUT2D eigenvalue weighted by Crippen LogP contribution is 2.14. The standard InChI is InChI=1S/C11H23BrO/c1-11(2,13)9-7-5-3-4-6-8-10-12/h13H,3-10H2,1-2H3. The Balaban J connectivity index is 3.00. The van der Waals surface area contributed by atoms with Crippen LogP contribution in [0, 0.1) is 0 Å². The summed E-state index contributed by atoms with van der Waals surface area (Å²) in [7, 11) is 0. The number of halogens is 1. The van der Waals surface area contributed by atoms with Gasteiger partial charge in [0.2, 0.25) is 0 Å². The van der Waals surface area contributed by atoms with Crippen LogP contribution in [0.3, 0.4) is 0 Å². The van der Waals surface area contributed by atoms with Gasteiger partial charge in [-0.25, -0.2) is 0 Å². The molecule has 0 rings (SSSR count). The molecule has 80 valence electrons. The molecule has 0 atom stereocenters. The minimum atomic E-state index is -0.462. The normalized spacial score (nSPS) is 12.0. The smallest absolute Gasteiger partial charge is 0.0591 e. The van der Waals surface area contributed by atoms with E-state index in [0.29, 0.717) is 0 Å². The first-order chi connectivity index (χ1) is 6.06. The molecule has 13 heavy (non-hydrogen) atoms. The number of aliphatic hydroxyl groups is 1. The molecule has 0 radical (unpaired) electrons. The number of hydrogen-bond acceptors (Lipinski definition) is 1. The van der Waals surface area contributed by atoms with Gasteiger partial charge >= 0.3 is 0 Å². The first-order valence-corrected chi connectivity index (χ1v) is 6.47. The average Bonchev–Trinajstić information content (AvgIpc) is 2.01. The van der Waals surface area contributed by atoms with Crippen LogP contribution in [0.25, 0.3) is 0 Å². The van der Waals surface area contributed by atoms with Gasteiger partial charge in [-0.05, 0) is 26.7 Å². The maximum absolute atomic E-state index is 9.45. The monoisotopic (exact) mass is 250 g/mol. The van der Waals surface area contributed by atoms with Crippen LogP contribution in [0.4, 0.5) is 0 Å². The first-order valence-electron chi connectivity index (χ1n) is 5.34. The Morgan fingerprint density at radius 3 is 1.85 bits per heavy atom. The number of unbranched alkanes of at least 4 members (excludes halogenated alkanes) is 5. The molecule has 0 aromatic rings. The molecule has 0 bridgehead atoms. The lowest BCUT2D eigenvalue weighted by Gasteiger charge is -2.16. The number of alkyl halides is 1. The van der Waals surface area contributed by atoms with Crippen molar-refractivity contribution < 1.29 is 5.11 Å². The van der Waals surface area contributed by atoms with Gasteiger partial charge in [0, 0.05) is 5.33 Å². The van der Waals surface area contributed by atoms with E-state index >= 15 is 0 Å². The lowest BCUT2D eigenvalue weighted by atomic mass is 10.00. The summed E-state index contributed by atoms with van der Waals surface area (Å²) < 4.78 is 0. The summed E-state index contributed by atoms with van der Waals surface area (Å²) >= 11 is 3.43. The van der Waals surface area contributed by atoms with Gasteiger partial charge in [0.25, 0.3) is 0 Å². The van der Waals surface area contributed by atoms with E-state index in [9.17, 15) is 5.11 Å². The summed E-state index contributed by atoms with van der Waals surface area (Å²) in [6.45, 7) is 3.77. The molecule has 0 aliphatic carbocycles. The molecular weight excluding hydrogens is 228 g/mol. The molecule has 0 aromatic heterocycles. The van der Waals surface area contributed by atoms with Gasteiger partial charge in [0.05, 0.1) is 5.60 Å². The molecule has 0 unspecified atom stereocenters. The van der Waals surface area contributed by atoms with Crippen LogP contribution in [0.5, 0.6) is 0 Å². The molecule has 0 saturated heterocycles. The van der Waals surface area contributed by atoms with Crippen LogP contribution >= 0.6 is 15.9 Å². The molecule has 1 nitrogen and oxygen atoms in total. The minimum absolute atomic E-state index is 0.462. The Bertz CT molecular complexity index is 107. The zero-order valence-electron chi connectivity index (χ0n) is 8.98. The first kappa shape index (κ1) is 13.4. The van der Waals surface area contributed by atoms with E-state index in [1.165, 1.54) is 32.1 Å². The fourth-order valence-corrected chi connectivity index (χ4v) is 1.76. The lowest BCUT2D eigenvalue weighted by molar-refractivity contribution is 0.0680. The van der Waals surface area contributed by atoms with E-state index in [0.717, 1.165) is 18.2 Å². The maximum Gasteiger partial charge on any atom is 0.0591 e. The second-order valence-electron chi connectivity index (χ2n) is 4.37. The van der Waals surface area contributed by atoms with Crippen LogP contribution in [-0.4, -0.2) is 16.0 Å². The number of hydrogen-bond donors (Lipinski definition) is 1. The fraction of sp³-hybridized carbons (Fsp3) is 1.00. The summed E-state index contributed by atoms with van der Waals surface area (Å²) in [5.74, 6) is 0. The molecule has 2 heteroatoms. The van der Waals surface area contributed by atoms with Crippen molar-refractivity contribution in [2.75, 3.05) is 5.33 Å². The van der Waals surface area contributed by atoms with Gasteiger partial charge in [-0.15, -0.1) is 0 Å². The molecule has 0 spiro atoms. The summed E-state index contributed by atoms with van der Waals surface area (Å²) in [6.07, 6.45) is 8.68. The lowest BCUT2D eigenvalue weighted by Crippen LogP contribution is -2.17. The Morgan fingerprint density at radius 1 is 0.923 bits per heavy atom. The van der Waals surface area contributed by atoms with Crippen LogP contribution in [0.2, 0.25) is 0 Å². The molecule has 0 aliphatic heterocycles. The summed E-state index contributed by atoms with van der Waals surface area (Å²) in [6, 6.07) is 0. The van der Waals surface area contributed by atoms with Gasteiger partial charge in [0.1, 0.15) is 0 Å². The van der Waals surface area contributed by atoms with Crippen molar-refractivity contribution in [1.29, 1.82) is 0 Å². The van der Waals surface area contributed by atoms with Gasteiger partial charge in [-0.1, -0.05) is 48.0 Å². The van der Waals surface area contributed by atoms with Crippen molar-refractivity contribution in [3.8, 4) is 0 Å². The molecule has 0 aromatic carbocycles. The van der Waals surface area contributed by atoms with E-state index in [4.69, 9.17) is 0 Å². The topological polar surface area (TPSA) is 20.2 Å². The maximum atomic E-state index is 9.45. The van der Waals surface area contributed by atoms with Crippen LogP contribution in [-0.2, 0) is 0 Å². The largest absolute Gasteiger partial charge is 0.390 e. The summed E-state index contributed by atoms with van der Waals surface area (Å²) in [5.41, 5.74) is -0.462. The SMILES string of the molecule is CC(C)(O)CCCCCCCCBr. The van der Waals surface area contributed by atoms with Crippen LogP contribution in [0.1, 0.15) is 58.8 Å². The van der Waals surface area contributed by atoms with E-state index < -0.39 is 5.60 Å². The molecule has 1 N–H and O–H groups in total. The third-order valence-electron chi connectivity index (χ3n) is 2.17. The summed E-state index contributed by atoms with van der Waals surface area (Å²) in [4.78, 5) is 0. The quantitative estimate of drug-likeness (QED) is 0.512. The third-order valence-corrected chi connectivity index (χ3v) is 2.73. The molecule has 0 saturated carbocycles. The Kier molecular flexibility index (Phi) is 8.07. The van der Waals surface area contributed by atoms with Crippen molar-refractivity contribution in [3.05, 3.63) is 0 Å². The van der Waals surface area contributed by atoms with Crippen molar-refractivity contribution in [2.45, 2.75) is 64.4 Å². The molecule has 0 fully saturated rings. The second-order valence-corrected chi connectivity index (χ2v) is 5.17. The van der Waals surface area contributed by atoms with Gasteiger partial charge in [-0.3, -0.25) is 0 Å². The number of rotatable bonds is 8. The van der Waals surface area contributed by atoms with Gasteiger partial charge < -0.3 is 5.11 Å². The van der Waals surface area contributed by atoms with Crippen LogP contribution in [0.15, 0.2) is 0 Å². The average molecular weight is 251 g/mol. The van der Waals surface area contributed by atoms with Gasteiger partial charge in [0.15, 0.2) is 0 Å².